The van der Waals surface area contributed by atoms with Crippen LogP contribution in [0.3, 0.4) is 0 Å². The smallest absolute Gasteiger partial charge is 0.134 e. The van der Waals surface area contributed by atoms with E-state index < -0.39 is 0 Å². The van der Waals surface area contributed by atoms with Crippen LogP contribution in [0.25, 0.3) is 21.5 Å². The molecule has 0 aromatic heterocycles. The van der Waals surface area contributed by atoms with Gasteiger partial charge in [-0.25, -0.2) is 0 Å². The van der Waals surface area contributed by atoms with E-state index in [0.29, 0.717) is 12.1 Å². The van der Waals surface area contributed by atoms with Gasteiger partial charge in [0, 0.05) is 29.4 Å². The zero-order valence-electron chi connectivity index (χ0n) is 15.8. The summed E-state index contributed by atoms with van der Waals surface area (Å²) >= 11 is 0. The van der Waals surface area contributed by atoms with Crippen LogP contribution in [0, 0.1) is 0 Å². The maximum Gasteiger partial charge on any atom is 0.134 e. The molecule has 0 bridgehead atoms. The molecule has 0 N–H and O–H groups in total. The van der Waals surface area contributed by atoms with Crippen molar-refractivity contribution in [3.63, 3.8) is 0 Å². The van der Waals surface area contributed by atoms with E-state index in [1.54, 1.807) is 0 Å². The zero-order valence-corrected chi connectivity index (χ0v) is 15.8. The van der Waals surface area contributed by atoms with Crippen molar-refractivity contribution < 1.29 is 4.74 Å². The van der Waals surface area contributed by atoms with Crippen LogP contribution in [0.2, 0.25) is 0 Å². The van der Waals surface area contributed by atoms with Gasteiger partial charge in [-0.15, -0.1) is 0 Å². The molecule has 132 valence electrons. The molecule has 3 aromatic carbocycles. The Kier molecular flexibility index (Phi) is 5.60. The monoisotopic (exact) mass is 335 g/mol. The summed E-state index contributed by atoms with van der Waals surface area (Å²) in [5, 5.41) is 4.88. The Bertz CT molecular complexity index is 776. The number of hydrogen-bond donors (Lipinski definition) is 0. The average molecular weight is 335 g/mol. The zero-order chi connectivity index (χ0) is 17.8. The number of ether oxygens (including phenoxy) is 1. The van der Waals surface area contributed by atoms with Gasteiger partial charge in [0.05, 0.1) is 6.61 Å². The Hall–Kier alpha value is -2.06. The molecular formula is C23H29NO. The van der Waals surface area contributed by atoms with Crippen molar-refractivity contribution in [3.8, 4) is 5.75 Å². The maximum absolute atomic E-state index is 6.32. The van der Waals surface area contributed by atoms with E-state index >= 15 is 0 Å². The van der Waals surface area contributed by atoms with Gasteiger partial charge in [0.2, 0.25) is 0 Å². The Morgan fingerprint density at radius 2 is 1.32 bits per heavy atom. The fraction of sp³-hybridized carbons (Fsp3) is 0.391. The second-order valence-electron chi connectivity index (χ2n) is 7.28. The van der Waals surface area contributed by atoms with Gasteiger partial charge in [-0.05, 0) is 51.0 Å². The van der Waals surface area contributed by atoms with Crippen LogP contribution >= 0.6 is 0 Å². The lowest BCUT2D eigenvalue weighted by Crippen LogP contribution is -2.38. The quantitative estimate of drug-likeness (QED) is 0.395. The van der Waals surface area contributed by atoms with E-state index in [1.165, 1.54) is 21.5 Å². The van der Waals surface area contributed by atoms with Gasteiger partial charge in [-0.2, -0.15) is 0 Å². The molecule has 0 aliphatic heterocycles. The first kappa shape index (κ1) is 17.8. The minimum absolute atomic E-state index is 0.568. The Morgan fingerprint density at radius 3 is 1.84 bits per heavy atom. The molecule has 2 nitrogen and oxygen atoms in total. The first-order valence-electron chi connectivity index (χ1n) is 9.37. The summed E-state index contributed by atoms with van der Waals surface area (Å²) in [5.41, 5.74) is 0. The molecule has 0 fully saturated rings. The van der Waals surface area contributed by atoms with Gasteiger partial charge in [-0.3, -0.25) is 4.90 Å². The SMILES string of the molecule is CC(C)N(CCCOc1c2ccccc2cc2ccccc12)C(C)C. The molecule has 0 aliphatic carbocycles. The first-order valence-corrected chi connectivity index (χ1v) is 9.37. The van der Waals surface area contributed by atoms with Gasteiger partial charge < -0.3 is 4.74 Å². The minimum atomic E-state index is 0.568. The second-order valence-corrected chi connectivity index (χ2v) is 7.28. The topological polar surface area (TPSA) is 12.5 Å². The summed E-state index contributed by atoms with van der Waals surface area (Å²) in [7, 11) is 0. The van der Waals surface area contributed by atoms with Gasteiger partial charge >= 0.3 is 0 Å². The number of rotatable bonds is 7. The van der Waals surface area contributed by atoms with E-state index in [0.717, 1.165) is 25.3 Å². The Labute approximate surface area is 151 Å². The number of benzene rings is 3. The molecule has 0 amide bonds. The van der Waals surface area contributed by atoms with E-state index in [1.807, 2.05) is 0 Å². The molecule has 0 radical (unpaired) electrons. The highest BCUT2D eigenvalue weighted by Crippen LogP contribution is 2.34. The van der Waals surface area contributed by atoms with Gasteiger partial charge in [0.15, 0.2) is 0 Å². The minimum Gasteiger partial charge on any atom is -0.492 e. The van der Waals surface area contributed by atoms with Crippen molar-refractivity contribution in [1.29, 1.82) is 0 Å². The summed E-state index contributed by atoms with van der Waals surface area (Å²) in [6.45, 7) is 10.9. The number of hydrogen-bond acceptors (Lipinski definition) is 2. The molecule has 3 rings (SSSR count). The predicted molar refractivity (Wildman–Crippen MR) is 109 cm³/mol. The van der Waals surface area contributed by atoms with E-state index in [2.05, 4.69) is 87.2 Å². The first-order chi connectivity index (χ1) is 12.1. The predicted octanol–water partition coefficient (Wildman–Crippen LogP) is 5.88. The Morgan fingerprint density at radius 1 is 0.800 bits per heavy atom. The van der Waals surface area contributed by atoms with E-state index in [9.17, 15) is 0 Å². The summed E-state index contributed by atoms with van der Waals surface area (Å²) in [5.74, 6) is 1.02. The summed E-state index contributed by atoms with van der Waals surface area (Å²) < 4.78 is 6.32. The molecule has 0 unspecified atom stereocenters. The van der Waals surface area contributed by atoms with Crippen molar-refractivity contribution in [3.05, 3.63) is 54.6 Å². The fourth-order valence-corrected chi connectivity index (χ4v) is 3.66. The Balaban J connectivity index is 1.80. The maximum atomic E-state index is 6.32. The third-order valence-electron chi connectivity index (χ3n) is 4.86. The number of nitrogens with zero attached hydrogens (tertiary/aromatic N) is 1. The molecule has 3 aromatic rings. The van der Waals surface area contributed by atoms with Crippen LogP contribution in [0.5, 0.6) is 5.75 Å². The second kappa shape index (κ2) is 7.88. The molecule has 0 atom stereocenters. The van der Waals surface area contributed by atoms with Crippen LogP contribution in [-0.4, -0.2) is 30.1 Å². The lowest BCUT2D eigenvalue weighted by molar-refractivity contribution is 0.160. The largest absolute Gasteiger partial charge is 0.492 e. The van der Waals surface area contributed by atoms with E-state index in [4.69, 9.17) is 4.74 Å². The van der Waals surface area contributed by atoms with E-state index in [-0.39, 0.29) is 0 Å². The average Bonchev–Trinajstić information content (AvgIpc) is 2.60. The summed E-state index contributed by atoms with van der Waals surface area (Å²) in [6, 6.07) is 20.4. The van der Waals surface area contributed by atoms with Crippen LogP contribution in [0.1, 0.15) is 34.1 Å². The van der Waals surface area contributed by atoms with Crippen molar-refractivity contribution in [1.82, 2.24) is 4.90 Å². The molecule has 0 saturated heterocycles. The molecule has 0 spiro atoms. The fourth-order valence-electron chi connectivity index (χ4n) is 3.66. The molecule has 0 aliphatic rings. The van der Waals surface area contributed by atoms with Gasteiger partial charge in [0.25, 0.3) is 0 Å². The van der Waals surface area contributed by atoms with Crippen LogP contribution < -0.4 is 4.74 Å². The van der Waals surface area contributed by atoms with Crippen LogP contribution in [0.4, 0.5) is 0 Å². The highest BCUT2D eigenvalue weighted by molar-refractivity contribution is 6.05. The summed E-state index contributed by atoms with van der Waals surface area (Å²) in [4.78, 5) is 2.52. The van der Waals surface area contributed by atoms with Crippen LogP contribution in [-0.2, 0) is 0 Å². The highest BCUT2D eigenvalue weighted by Gasteiger charge is 2.13. The van der Waals surface area contributed by atoms with Crippen molar-refractivity contribution in [2.24, 2.45) is 0 Å². The van der Waals surface area contributed by atoms with Gasteiger partial charge in [0.1, 0.15) is 5.75 Å². The standard InChI is InChI=1S/C23H29NO/c1-17(2)24(18(3)4)14-9-15-25-23-21-12-7-5-10-19(21)16-20-11-6-8-13-22(20)23/h5-8,10-13,16-18H,9,14-15H2,1-4H3. The van der Waals surface area contributed by atoms with Gasteiger partial charge in [-0.1, -0.05) is 48.5 Å². The summed E-state index contributed by atoms with van der Waals surface area (Å²) in [6.07, 6.45) is 1.04. The molecule has 25 heavy (non-hydrogen) atoms. The van der Waals surface area contributed by atoms with Crippen molar-refractivity contribution in [2.45, 2.75) is 46.2 Å². The van der Waals surface area contributed by atoms with Crippen LogP contribution in [0.15, 0.2) is 54.6 Å². The lowest BCUT2D eigenvalue weighted by Gasteiger charge is -2.30. The third kappa shape index (κ3) is 3.96. The third-order valence-corrected chi connectivity index (χ3v) is 4.86. The lowest BCUT2D eigenvalue weighted by atomic mass is 10.0. The number of fused-ring (bicyclic) bond motifs is 2. The molecule has 0 heterocycles. The molecule has 0 saturated carbocycles. The molecule has 2 heteroatoms. The van der Waals surface area contributed by atoms with Crippen molar-refractivity contribution >= 4 is 21.5 Å². The normalized spacial score (nSPS) is 12.0. The molecular weight excluding hydrogens is 306 g/mol. The highest BCUT2D eigenvalue weighted by atomic mass is 16.5. The van der Waals surface area contributed by atoms with Crippen molar-refractivity contribution in [2.75, 3.05) is 13.2 Å².